The highest BCUT2D eigenvalue weighted by molar-refractivity contribution is 7.93. The summed E-state index contributed by atoms with van der Waals surface area (Å²) in [5, 5.41) is 4.76. The topological polar surface area (TPSA) is 132 Å². The number of halogens is 1. The number of nitrogens with zero attached hydrogens (tertiary/aromatic N) is 1. The molecule has 0 spiro atoms. The Bertz CT molecular complexity index is 925. The zero-order chi connectivity index (χ0) is 17.8. The van der Waals surface area contributed by atoms with Crippen molar-refractivity contribution >= 4 is 49.0 Å². The fourth-order valence-corrected chi connectivity index (χ4v) is 3.84. The molecule has 1 heterocycles. The van der Waals surface area contributed by atoms with Gasteiger partial charge in [-0.15, -0.1) is 0 Å². The van der Waals surface area contributed by atoms with Crippen LogP contribution < -0.4 is 10.0 Å². The number of hydrogen-bond acceptors (Lipinski definition) is 6. The molecule has 1 aromatic carbocycles. The van der Waals surface area contributed by atoms with Crippen molar-refractivity contribution in [3.05, 3.63) is 23.2 Å². The molecule has 23 heavy (non-hydrogen) atoms. The fourth-order valence-electron chi connectivity index (χ4n) is 2.17. The van der Waals surface area contributed by atoms with Crippen molar-refractivity contribution in [1.82, 2.24) is 0 Å². The maximum Gasteiger partial charge on any atom is 0.255 e. The minimum absolute atomic E-state index is 0.0959. The summed E-state index contributed by atoms with van der Waals surface area (Å²) in [6.07, 6.45) is 0.352. The molecule has 0 bridgehead atoms. The van der Waals surface area contributed by atoms with Crippen molar-refractivity contribution in [1.29, 1.82) is 0 Å². The molecule has 0 saturated carbocycles. The van der Waals surface area contributed by atoms with Crippen LogP contribution in [0.15, 0.2) is 23.1 Å². The van der Waals surface area contributed by atoms with Crippen LogP contribution in [-0.4, -0.2) is 39.7 Å². The van der Waals surface area contributed by atoms with Crippen LogP contribution in [0.3, 0.4) is 0 Å². The van der Waals surface area contributed by atoms with Crippen LogP contribution in [0.5, 0.6) is 0 Å². The van der Waals surface area contributed by atoms with Gasteiger partial charge in [0, 0.05) is 6.26 Å². The van der Waals surface area contributed by atoms with Crippen molar-refractivity contribution in [2.75, 3.05) is 11.2 Å². The monoisotopic (exact) mass is 380 g/mol. The van der Waals surface area contributed by atoms with E-state index in [2.05, 4.69) is 0 Å². The third kappa shape index (κ3) is 2.87. The molecule has 1 aliphatic heterocycles. The molecule has 1 aliphatic rings. The number of hydrogen-bond donors (Lipinski definition) is 1. The van der Waals surface area contributed by atoms with E-state index in [0.717, 1.165) is 31.4 Å². The zero-order valence-corrected chi connectivity index (χ0v) is 14.5. The highest BCUT2D eigenvalue weighted by atomic mass is 35.5. The van der Waals surface area contributed by atoms with Crippen molar-refractivity contribution in [3.8, 4) is 0 Å². The molecule has 0 aromatic heterocycles. The number of carbonyl (C=O) groups excluding carboxylic acids is 2. The first-order valence-corrected chi connectivity index (χ1v) is 10.00. The van der Waals surface area contributed by atoms with E-state index in [-0.39, 0.29) is 15.6 Å². The first-order chi connectivity index (χ1) is 10.3. The minimum Gasteiger partial charge on any atom is -0.274 e. The summed E-state index contributed by atoms with van der Waals surface area (Å²) in [4.78, 5) is 24.9. The Balaban J connectivity index is 2.56. The fraction of sp³-hybridized carbons (Fsp3) is 0.333. The van der Waals surface area contributed by atoms with Crippen LogP contribution in [0.25, 0.3) is 0 Å². The van der Waals surface area contributed by atoms with Gasteiger partial charge in [0.05, 0.1) is 22.0 Å². The molecule has 0 aliphatic carbocycles. The van der Waals surface area contributed by atoms with Gasteiger partial charge < -0.3 is 0 Å². The van der Waals surface area contributed by atoms with Gasteiger partial charge in [-0.3, -0.25) is 9.59 Å². The third-order valence-electron chi connectivity index (χ3n) is 3.70. The minimum atomic E-state index is -4.01. The van der Waals surface area contributed by atoms with Crippen LogP contribution in [0.2, 0.25) is 5.02 Å². The number of sulfonamides is 1. The van der Waals surface area contributed by atoms with Gasteiger partial charge in [-0.2, -0.15) is 0 Å². The average molecular weight is 381 g/mol. The van der Waals surface area contributed by atoms with Crippen LogP contribution in [0.1, 0.15) is 13.3 Å². The first-order valence-electron chi connectivity index (χ1n) is 6.18. The number of rotatable bonds is 3. The van der Waals surface area contributed by atoms with Gasteiger partial charge in [0.2, 0.25) is 15.9 Å². The summed E-state index contributed by atoms with van der Waals surface area (Å²) in [7, 11) is -7.85. The highest BCUT2D eigenvalue weighted by Gasteiger charge is 2.55. The smallest absolute Gasteiger partial charge is 0.255 e. The van der Waals surface area contributed by atoms with Crippen LogP contribution >= 0.6 is 11.6 Å². The van der Waals surface area contributed by atoms with Crippen LogP contribution in [0.4, 0.5) is 5.69 Å². The Hall–Kier alpha value is -1.49. The average Bonchev–Trinajstić information content (AvgIpc) is 2.60. The normalized spacial score (nSPS) is 22.7. The van der Waals surface area contributed by atoms with E-state index in [1.54, 1.807) is 0 Å². The lowest BCUT2D eigenvalue weighted by molar-refractivity contribution is -0.121. The van der Waals surface area contributed by atoms with E-state index in [1.165, 1.54) is 0 Å². The number of imide groups is 1. The van der Waals surface area contributed by atoms with Gasteiger partial charge in [0.15, 0.2) is 14.6 Å². The zero-order valence-electron chi connectivity index (χ0n) is 12.1. The number of sulfone groups is 1. The Morgan fingerprint density at radius 3 is 2.17 bits per heavy atom. The maximum atomic E-state index is 12.4. The van der Waals surface area contributed by atoms with Crippen molar-refractivity contribution in [3.63, 3.8) is 0 Å². The molecule has 1 fully saturated rings. The lowest BCUT2D eigenvalue weighted by Crippen LogP contribution is -2.43. The summed E-state index contributed by atoms with van der Waals surface area (Å²) in [6, 6.07) is 3.20. The lowest BCUT2D eigenvalue weighted by atomic mass is 10.1. The molecule has 1 unspecified atom stereocenters. The number of amides is 2. The highest BCUT2D eigenvalue weighted by Crippen LogP contribution is 2.38. The molecule has 0 radical (unpaired) electrons. The van der Waals surface area contributed by atoms with Crippen molar-refractivity contribution in [2.45, 2.75) is 23.0 Å². The molecular weight excluding hydrogens is 368 g/mol. The van der Waals surface area contributed by atoms with E-state index in [0.29, 0.717) is 4.90 Å². The molecule has 1 atom stereocenters. The second-order valence-corrected chi connectivity index (χ2v) is 9.79. The number of carbonyl (C=O) groups is 2. The van der Waals surface area contributed by atoms with Gasteiger partial charge in [-0.05, 0) is 25.1 Å². The molecular formula is C12H13ClN2O6S2. The first kappa shape index (κ1) is 17.9. The van der Waals surface area contributed by atoms with Gasteiger partial charge in [0.1, 0.15) is 0 Å². The largest absolute Gasteiger partial charge is 0.274 e. The van der Waals surface area contributed by atoms with E-state index >= 15 is 0 Å². The number of benzene rings is 1. The summed E-state index contributed by atoms with van der Waals surface area (Å²) in [5.41, 5.74) is -0.0959. The molecule has 1 aromatic rings. The van der Waals surface area contributed by atoms with Gasteiger partial charge in [-0.1, -0.05) is 11.6 Å². The molecule has 11 heteroatoms. The molecule has 126 valence electrons. The molecule has 1 saturated heterocycles. The molecule has 2 rings (SSSR count). The number of primary sulfonamides is 1. The Morgan fingerprint density at radius 1 is 1.22 bits per heavy atom. The summed E-state index contributed by atoms with van der Waals surface area (Å²) >= 11 is 5.94. The number of nitrogens with two attached hydrogens (primary N) is 1. The van der Waals surface area contributed by atoms with Crippen molar-refractivity contribution < 1.29 is 26.4 Å². The molecule has 8 nitrogen and oxygen atoms in total. The van der Waals surface area contributed by atoms with Gasteiger partial charge in [0.25, 0.3) is 5.91 Å². The van der Waals surface area contributed by atoms with Gasteiger partial charge >= 0.3 is 0 Å². The van der Waals surface area contributed by atoms with E-state index in [9.17, 15) is 26.4 Å². The Kier molecular flexibility index (Phi) is 4.09. The standard InChI is InChI=1S/C12H13ClN2O6S2/c1-12(22(2,18)19)6-10(16)15(11(12)17)9-4-3-7(5-8(9)13)23(14,20)21/h3-5H,6H2,1-2H3,(H2,14,20,21). The summed E-state index contributed by atoms with van der Waals surface area (Å²) in [5.74, 6) is -1.68. The second kappa shape index (κ2) is 5.26. The quantitative estimate of drug-likeness (QED) is 0.737. The van der Waals surface area contributed by atoms with E-state index < -0.39 is 42.8 Å². The van der Waals surface area contributed by atoms with Gasteiger partial charge in [-0.25, -0.2) is 26.9 Å². The van der Waals surface area contributed by atoms with E-state index in [4.69, 9.17) is 16.7 Å². The molecule has 2 N–H and O–H groups in total. The number of anilines is 1. The van der Waals surface area contributed by atoms with Crippen LogP contribution in [0, 0.1) is 0 Å². The predicted octanol–water partition coefficient (Wildman–Crippen LogP) is 0.0540. The second-order valence-electron chi connectivity index (χ2n) is 5.37. The SMILES string of the molecule is CC1(S(C)(=O)=O)CC(=O)N(c2ccc(S(N)(=O)=O)cc2Cl)C1=O. The van der Waals surface area contributed by atoms with Crippen LogP contribution in [-0.2, 0) is 29.4 Å². The molecule has 2 amide bonds. The summed E-state index contributed by atoms with van der Waals surface area (Å²) in [6.45, 7) is 1.16. The Labute approximate surface area is 138 Å². The lowest BCUT2D eigenvalue weighted by Gasteiger charge is -2.21. The van der Waals surface area contributed by atoms with E-state index in [1.807, 2.05) is 0 Å². The maximum absolute atomic E-state index is 12.4. The Morgan fingerprint density at radius 2 is 1.78 bits per heavy atom. The third-order valence-corrected chi connectivity index (χ3v) is 6.87. The predicted molar refractivity (Wildman–Crippen MR) is 83.2 cm³/mol. The van der Waals surface area contributed by atoms with Crippen molar-refractivity contribution in [2.24, 2.45) is 5.14 Å². The summed E-state index contributed by atoms with van der Waals surface area (Å²) < 4.78 is 44.3.